The molecule has 2 N–H and O–H groups in total. The van der Waals surface area contributed by atoms with Crippen molar-refractivity contribution in [2.45, 2.75) is 32.6 Å². The number of carbonyl (C=O) groups is 3. The predicted molar refractivity (Wildman–Crippen MR) is 128 cm³/mol. The van der Waals surface area contributed by atoms with E-state index in [1.165, 1.54) is 11.1 Å². The summed E-state index contributed by atoms with van der Waals surface area (Å²) in [6.07, 6.45) is 0.855. The van der Waals surface area contributed by atoms with Crippen LogP contribution < -0.4 is 5.32 Å². The van der Waals surface area contributed by atoms with Crippen molar-refractivity contribution in [3.63, 3.8) is 0 Å². The summed E-state index contributed by atoms with van der Waals surface area (Å²) >= 11 is 0. The second-order valence-electron chi connectivity index (χ2n) is 9.36. The van der Waals surface area contributed by atoms with E-state index in [2.05, 4.69) is 29.6 Å². The number of nitrogens with one attached hydrogen (secondary N) is 1. The van der Waals surface area contributed by atoms with Gasteiger partial charge in [0.05, 0.1) is 11.8 Å². The van der Waals surface area contributed by atoms with E-state index in [0.717, 1.165) is 17.5 Å². The zero-order valence-electron chi connectivity index (χ0n) is 19.7. The quantitative estimate of drug-likeness (QED) is 0.613. The summed E-state index contributed by atoms with van der Waals surface area (Å²) in [5.74, 6) is -2.02. The number of amides is 2. The Hall–Kier alpha value is -3.35. The number of hydrogen-bond donors (Lipinski definition) is 2. The van der Waals surface area contributed by atoms with Gasteiger partial charge in [-0.25, -0.2) is 4.79 Å². The lowest BCUT2D eigenvalue weighted by molar-refractivity contribution is -0.142. The molecule has 7 heteroatoms. The van der Waals surface area contributed by atoms with Crippen LogP contribution in [-0.4, -0.2) is 54.2 Å². The molecule has 0 saturated carbocycles. The molecule has 1 aliphatic carbocycles. The molecule has 0 radical (unpaired) electrons. The molecule has 0 spiro atoms. The Balaban J connectivity index is 1.34. The third-order valence-electron chi connectivity index (χ3n) is 7.06. The number of rotatable bonds is 8. The maximum Gasteiger partial charge on any atom is 0.407 e. The number of fused-ring (bicyclic) bond motifs is 3. The van der Waals surface area contributed by atoms with E-state index in [4.69, 9.17) is 4.74 Å². The molecular formula is C27H32N2O5. The molecule has 1 saturated heterocycles. The smallest absolute Gasteiger partial charge is 0.407 e. The minimum Gasteiger partial charge on any atom is -0.481 e. The summed E-state index contributed by atoms with van der Waals surface area (Å²) in [4.78, 5) is 38.6. The summed E-state index contributed by atoms with van der Waals surface area (Å²) in [7, 11) is 0. The number of nitrogens with zero attached hydrogens (tertiary/aromatic N) is 1. The Morgan fingerprint density at radius 2 is 1.68 bits per heavy atom. The maximum absolute atomic E-state index is 13.0. The predicted octanol–water partition coefficient (Wildman–Crippen LogP) is 4.12. The SMILES string of the molecule is CCCC(CNC(=O)OCC1c2ccccc2-c2ccccc21)C(=O)N1CC(C)C(C(=O)O)C1. The van der Waals surface area contributed by atoms with E-state index >= 15 is 0 Å². The van der Waals surface area contributed by atoms with Crippen molar-refractivity contribution in [2.24, 2.45) is 17.8 Å². The Kier molecular flexibility index (Phi) is 7.20. The molecule has 3 unspecified atom stereocenters. The number of carboxylic acids is 1. The van der Waals surface area contributed by atoms with E-state index in [1.54, 1.807) is 4.90 Å². The molecule has 0 aromatic heterocycles. The van der Waals surface area contributed by atoms with Gasteiger partial charge in [-0.3, -0.25) is 9.59 Å². The number of hydrogen-bond acceptors (Lipinski definition) is 4. The Morgan fingerprint density at radius 3 is 2.24 bits per heavy atom. The molecule has 2 amide bonds. The second kappa shape index (κ2) is 10.3. The number of ether oxygens (including phenoxy) is 1. The molecule has 4 rings (SSSR count). The maximum atomic E-state index is 13.0. The molecular weight excluding hydrogens is 432 g/mol. The summed E-state index contributed by atoms with van der Waals surface area (Å²) in [5.41, 5.74) is 4.62. The first-order valence-corrected chi connectivity index (χ1v) is 12.0. The van der Waals surface area contributed by atoms with Gasteiger partial charge < -0.3 is 20.1 Å². The van der Waals surface area contributed by atoms with Crippen LogP contribution in [0.3, 0.4) is 0 Å². The number of benzene rings is 2. The number of aliphatic carboxylic acids is 1. The van der Waals surface area contributed by atoms with Crippen LogP contribution in [-0.2, 0) is 14.3 Å². The van der Waals surface area contributed by atoms with Crippen LogP contribution in [0.25, 0.3) is 11.1 Å². The highest BCUT2D eigenvalue weighted by Gasteiger charge is 2.38. The van der Waals surface area contributed by atoms with Crippen LogP contribution in [0.2, 0.25) is 0 Å². The molecule has 180 valence electrons. The molecule has 1 fully saturated rings. The van der Waals surface area contributed by atoms with Gasteiger partial charge >= 0.3 is 12.1 Å². The fourth-order valence-electron chi connectivity index (χ4n) is 5.24. The summed E-state index contributed by atoms with van der Waals surface area (Å²) < 4.78 is 5.59. The van der Waals surface area contributed by atoms with E-state index < -0.39 is 23.9 Å². The lowest BCUT2D eigenvalue weighted by atomic mass is 9.98. The van der Waals surface area contributed by atoms with Gasteiger partial charge in [0.25, 0.3) is 0 Å². The van der Waals surface area contributed by atoms with E-state index in [9.17, 15) is 19.5 Å². The number of carbonyl (C=O) groups excluding carboxylic acids is 2. The topological polar surface area (TPSA) is 95.9 Å². The van der Waals surface area contributed by atoms with Crippen LogP contribution in [0, 0.1) is 17.8 Å². The number of carboxylic acid groups (broad SMARTS) is 1. The lowest BCUT2D eigenvalue weighted by Gasteiger charge is -2.23. The molecule has 1 heterocycles. The van der Waals surface area contributed by atoms with Gasteiger partial charge in [-0.05, 0) is 34.6 Å². The fourth-order valence-corrected chi connectivity index (χ4v) is 5.24. The highest BCUT2D eigenvalue weighted by atomic mass is 16.5. The number of likely N-dealkylation sites (tertiary alicyclic amines) is 1. The Morgan fingerprint density at radius 1 is 1.06 bits per heavy atom. The number of alkyl carbamates (subject to hydrolysis) is 1. The van der Waals surface area contributed by atoms with Gasteiger partial charge in [-0.2, -0.15) is 0 Å². The van der Waals surface area contributed by atoms with E-state index in [0.29, 0.717) is 13.0 Å². The van der Waals surface area contributed by atoms with Gasteiger partial charge in [-0.1, -0.05) is 68.8 Å². The van der Waals surface area contributed by atoms with Crippen molar-refractivity contribution in [1.82, 2.24) is 10.2 Å². The lowest BCUT2D eigenvalue weighted by Crippen LogP contribution is -2.41. The zero-order valence-corrected chi connectivity index (χ0v) is 19.7. The van der Waals surface area contributed by atoms with Crippen LogP contribution in [0.4, 0.5) is 4.79 Å². The monoisotopic (exact) mass is 464 g/mol. The Bertz CT molecular complexity index is 1020. The minimum absolute atomic E-state index is 0.0229. The first kappa shape index (κ1) is 23.8. The molecule has 0 bridgehead atoms. The molecule has 7 nitrogen and oxygen atoms in total. The molecule has 34 heavy (non-hydrogen) atoms. The van der Waals surface area contributed by atoms with E-state index in [1.807, 2.05) is 38.1 Å². The standard InChI is InChI=1S/C27H32N2O5/c1-3-8-18(25(30)29-14-17(2)23(15-29)26(31)32)13-28-27(33)34-16-24-21-11-6-4-9-19(21)20-10-5-7-12-22(20)24/h4-7,9-12,17-18,23-24H,3,8,13-16H2,1-2H3,(H,28,33)(H,31,32). The van der Waals surface area contributed by atoms with Gasteiger partial charge in [0.15, 0.2) is 0 Å². The van der Waals surface area contributed by atoms with E-state index in [-0.39, 0.29) is 37.4 Å². The highest BCUT2D eigenvalue weighted by molar-refractivity contribution is 5.82. The third-order valence-corrected chi connectivity index (χ3v) is 7.06. The van der Waals surface area contributed by atoms with Gasteiger partial charge in [0.2, 0.25) is 5.91 Å². The van der Waals surface area contributed by atoms with Crippen LogP contribution >= 0.6 is 0 Å². The molecule has 2 aliphatic rings. The zero-order chi connectivity index (χ0) is 24.2. The average Bonchev–Trinajstić information content (AvgIpc) is 3.38. The van der Waals surface area contributed by atoms with Crippen LogP contribution in [0.15, 0.2) is 48.5 Å². The normalized spacial score (nSPS) is 19.9. The molecule has 2 aromatic carbocycles. The van der Waals surface area contributed by atoms with Gasteiger partial charge in [0.1, 0.15) is 6.61 Å². The summed E-state index contributed by atoms with van der Waals surface area (Å²) in [5, 5.41) is 12.1. The first-order chi connectivity index (χ1) is 16.4. The molecule has 2 aromatic rings. The van der Waals surface area contributed by atoms with Crippen molar-refractivity contribution in [3.8, 4) is 11.1 Å². The molecule has 1 aliphatic heterocycles. The fraction of sp³-hybridized carbons (Fsp3) is 0.444. The Labute approximate surface area is 200 Å². The van der Waals surface area contributed by atoms with Gasteiger partial charge in [-0.15, -0.1) is 0 Å². The van der Waals surface area contributed by atoms with Gasteiger partial charge in [0, 0.05) is 25.6 Å². The summed E-state index contributed by atoms with van der Waals surface area (Å²) in [6, 6.07) is 16.3. The van der Waals surface area contributed by atoms with Crippen molar-refractivity contribution in [2.75, 3.05) is 26.2 Å². The van der Waals surface area contributed by atoms with Crippen LogP contribution in [0.5, 0.6) is 0 Å². The largest absolute Gasteiger partial charge is 0.481 e. The van der Waals surface area contributed by atoms with Crippen molar-refractivity contribution < 1.29 is 24.2 Å². The first-order valence-electron chi connectivity index (χ1n) is 12.0. The second-order valence-corrected chi connectivity index (χ2v) is 9.36. The van der Waals surface area contributed by atoms with Crippen molar-refractivity contribution >= 4 is 18.0 Å². The average molecular weight is 465 g/mol. The molecule has 3 atom stereocenters. The highest BCUT2D eigenvalue weighted by Crippen LogP contribution is 2.44. The van der Waals surface area contributed by atoms with Crippen LogP contribution in [0.1, 0.15) is 43.7 Å². The third kappa shape index (κ3) is 4.79. The van der Waals surface area contributed by atoms with Crippen molar-refractivity contribution in [1.29, 1.82) is 0 Å². The summed E-state index contributed by atoms with van der Waals surface area (Å²) in [6.45, 7) is 4.89. The van der Waals surface area contributed by atoms with Crippen molar-refractivity contribution in [3.05, 3.63) is 59.7 Å². The minimum atomic E-state index is -0.869.